The molecular formula is C10H20O3. The van der Waals surface area contributed by atoms with Gasteiger partial charge in [0.25, 0.3) is 0 Å². The zero-order chi connectivity index (χ0) is 9.90. The number of hydrogen-bond donors (Lipinski definition) is 1. The van der Waals surface area contributed by atoms with Gasteiger partial charge in [-0.1, -0.05) is 19.8 Å². The third kappa shape index (κ3) is 2.93. The Bertz CT molecular complexity index is 156. The molecule has 0 radical (unpaired) electrons. The molecule has 0 unspecified atom stereocenters. The Morgan fingerprint density at radius 1 is 1.23 bits per heavy atom. The quantitative estimate of drug-likeness (QED) is 0.729. The summed E-state index contributed by atoms with van der Waals surface area (Å²) in [5.41, 5.74) is 0. The van der Waals surface area contributed by atoms with Gasteiger partial charge in [-0.05, 0) is 20.3 Å². The summed E-state index contributed by atoms with van der Waals surface area (Å²) in [6.45, 7) is 5.98. The highest BCUT2D eigenvalue weighted by Crippen LogP contribution is 2.30. The molecule has 1 fully saturated rings. The van der Waals surface area contributed by atoms with E-state index in [0.29, 0.717) is 0 Å². The highest BCUT2D eigenvalue weighted by atomic mass is 16.8. The molecule has 78 valence electrons. The first-order chi connectivity index (χ1) is 6.09. The minimum atomic E-state index is -0.522. The van der Waals surface area contributed by atoms with Gasteiger partial charge in [-0.25, -0.2) is 0 Å². The van der Waals surface area contributed by atoms with E-state index in [1.54, 1.807) is 0 Å². The van der Waals surface area contributed by atoms with Crippen molar-refractivity contribution in [2.24, 2.45) is 0 Å². The minimum Gasteiger partial charge on any atom is -0.394 e. The van der Waals surface area contributed by atoms with Gasteiger partial charge in [-0.2, -0.15) is 0 Å². The lowest BCUT2D eigenvalue weighted by Gasteiger charge is -2.16. The molecule has 0 aromatic carbocycles. The second kappa shape index (κ2) is 4.40. The molecule has 1 heterocycles. The largest absolute Gasteiger partial charge is 0.394 e. The molecule has 3 heteroatoms. The minimum absolute atomic E-state index is 0.0534. The molecule has 0 bridgehead atoms. The van der Waals surface area contributed by atoms with Gasteiger partial charge < -0.3 is 14.6 Å². The highest BCUT2D eigenvalue weighted by Gasteiger charge is 2.40. The van der Waals surface area contributed by atoms with E-state index < -0.39 is 5.79 Å². The first kappa shape index (κ1) is 11.0. The average molecular weight is 188 g/mol. The lowest BCUT2D eigenvalue weighted by atomic mass is 10.1. The van der Waals surface area contributed by atoms with Crippen molar-refractivity contribution >= 4 is 0 Å². The maximum atomic E-state index is 9.06. The van der Waals surface area contributed by atoms with Crippen LogP contribution in [-0.2, 0) is 9.47 Å². The number of rotatable bonds is 4. The average Bonchev–Trinajstić information content (AvgIpc) is 2.37. The number of aliphatic hydroxyl groups is 1. The lowest BCUT2D eigenvalue weighted by molar-refractivity contribution is -0.149. The highest BCUT2D eigenvalue weighted by molar-refractivity contribution is 4.80. The van der Waals surface area contributed by atoms with E-state index in [4.69, 9.17) is 14.6 Å². The summed E-state index contributed by atoms with van der Waals surface area (Å²) >= 11 is 0. The second-order valence-electron chi connectivity index (χ2n) is 4.04. The molecule has 1 N–H and O–H groups in total. The summed E-state index contributed by atoms with van der Waals surface area (Å²) in [5, 5.41) is 9.06. The molecule has 1 aliphatic heterocycles. The Morgan fingerprint density at radius 2 is 1.85 bits per heavy atom. The fourth-order valence-electron chi connectivity index (χ4n) is 1.71. The van der Waals surface area contributed by atoms with Crippen molar-refractivity contribution in [2.45, 2.75) is 58.0 Å². The van der Waals surface area contributed by atoms with Crippen molar-refractivity contribution in [1.82, 2.24) is 0 Å². The third-order valence-corrected chi connectivity index (χ3v) is 2.31. The summed E-state index contributed by atoms with van der Waals surface area (Å²) in [6.07, 6.45) is 3.19. The maximum Gasteiger partial charge on any atom is 0.163 e. The van der Waals surface area contributed by atoms with Crippen LogP contribution in [0.4, 0.5) is 0 Å². The van der Waals surface area contributed by atoms with Crippen LogP contribution in [0.2, 0.25) is 0 Å². The number of unbranched alkanes of at least 4 members (excludes halogenated alkanes) is 1. The van der Waals surface area contributed by atoms with Crippen LogP contribution < -0.4 is 0 Å². The molecule has 0 amide bonds. The van der Waals surface area contributed by atoms with Crippen molar-refractivity contribution in [1.29, 1.82) is 0 Å². The van der Waals surface area contributed by atoms with E-state index in [1.165, 1.54) is 0 Å². The molecule has 13 heavy (non-hydrogen) atoms. The molecule has 0 aromatic rings. The van der Waals surface area contributed by atoms with Crippen molar-refractivity contribution in [3.8, 4) is 0 Å². The Hall–Kier alpha value is -0.120. The van der Waals surface area contributed by atoms with Crippen LogP contribution in [0.3, 0.4) is 0 Å². The summed E-state index contributed by atoms with van der Waals surface area (Å²) in [4.78, 5) is 0. The molecule has 1 saturated heterocycles. The van der Waals surface area contributed by atoms with E-state index in [0.717, 1.165) is 19.3 Å². The zero-order valence-corrected chi connectivity index (χ0v) is 8.75. The van der Waals surface area contributed by atoms with Crippen LogP contribution in [0.5, 0.6) is 0 Å². The lowest BCUT2D eigenvalue weighted by Crippen LogP contribution is -2.26. The maximum absolute atomic E-state index is 9.06. The van der Waals surface area contributed by atoms with E-state index in [1.807, 2.05) is 13.8 Å². The van der Waals surface area contributed by atoms with E-state index in [-0.39, 0.29) is 18.8 Å². The first-order valence-electron chi connectivity index (χ1n) is 5.05. The monoisotopic (exact) mass is 188 g/mol. The predicted molar refractivity (Wildman–Crippen MR) is 50.4 cm³/mol. The smallest absolute Gasteiger partial charge is 0.163 e. The number of hydrogen-bond acceptors (Lipinski definition) is 3. The predicted octanol–water partition coefficient (Wildman–Crippen LogP) is 1.69. The van der Waals surface area contributed by atoms with Crippen LogP contribution in [0.1, 0.15) is 40.0 Å². The van der Waals surface area contributed by atoms with Crippen LogP contribution in [-0.4, -0.2) is 29.7 Å². The van der Waals surface area contributed by atoms with E-state index in [2.05, 4.69) is 6.92 Å². The summed E-state index contributed by atoms with van der Waals surface area (Å²) in [7, 11) is 0. The normalized spacial score (nSPS) is 32.3. The van der Waals surface area contributed by atoms with Crippen molar-refractivity contribution in [2.75, 3.05) is 6.61 Å². The van der Waals surface area contributed by atoms with Gasteiger partial charge in [0.05, 0.1) is 12.7 Å². The SMILES string of the molecule is CCCC[C@@H]1OC(C)(C)O[C@H]1CO. The number of aliphatic hydroxyl groups excluding tert-OH is 1. The second-order valence-corrected chi connectivity index (χ2v) is 4.04. The van der Waals surface area contributed by atoms with Gasteiger partial charge in [-0.15, -0.1) is 0 Å². The van der Waals surface area contributed by atoms with Crippen LogP contribution >= 0.6 is 0 Å². The Morgan fingerprint density at radius 3 is 2.38 bits per heavy atom. The molecular weight excluding hydrogens is 168 g/mol. The molecule has 0 aliphatic carbocycles. The third-order valence-electron chi connectivity index (χ3n) is 2.31. The van der Waals surface area contributed by atoms with Gasteiger partial charge in [0.1, 0.15) is 6.10 Å². The van der Waals surface area contributed by atoms with Gasteiger partial charge in [0, 0.05) is 0 Å². The summed E-state index contributed by atoms with van der Waals surface area (Å²) in [5.74, 6) is -0.522. The standard InChI is InChI=1S/C10H20O3/c1-4-5-6-8-9(7-11)13-10(2,3)12-8/h8-9,11H,4-7H2,1-3H3/t8-,9-/m0/s1. The van der Waals surface area contributed by atoms with Gasteiger partial charge in [-0.3, -0.25) is 0 Å². The Kier molecular flexibility index (Phi) is 3.71. The van der Waals surface area contributed by atoms with Gasteiger partial charge in [0.15, 0.2) is 5.79 Å². The fraction of sp³-hybridized carbons (Fsp3) is 1.00. The zero-order valence-electron chi connectivity index (χ0n) is 8.75. The molecule has 0 saturated carbocycles. The van der Waals surface area contributed by atoms with Crippen molar-refractivity contribution < 1.29 is 14.6 Å². The van der Waals surface area contributed by atoms with E-state index >= 15 is 0 Å². The van der Waals surface area contributed by atoms with Crippen molar-refractivity contribution in [3.63, 3.8) is 0 Å². The van der Waals surface area contributed by atoms with Gasteiger partial charge in [0.2, 0.25) is 0 Å². The first-order valence-corrected chi connectivity index (χ1v) is 5.05. The molecule has 1 aliphatic rings. The summed E-state index contributed by atoms with van der Waals surface area (Å²) < 4.78 is 11.2. The van der Waals surface area contributed by atoms with Crippen molar-refractivity contribution in [3.05, 3.63) is 0 Å². The van der Waals surface area contributed by atoms with Crippen LogP contribution in [0, 0.1) is 0 Å². The van der Waals surface area contributed by atoms with Gasteiger partial charge >= 0.3 is 0 Å². The molecule has 1 rings (SSSR count). The van der Waals surface area contributed by atoms with Crippen LogP contribution in [0.15, 0.2) is 0 Å². The molecule has 0 aromatic heterocycles. The Balaban J connectivity index is 2.43. The summed E-state index contributed by atoms with van der Waals surface area (Å²) in [6, 6.07) is 0. The van der Waals surface area contributed by atoms with E-state index in [9.17, 15) is 0 Å². The molecule has 3 nitrogen and oxygen atoms in total. The molecule has 0 spiro atoms. The topological polar surface area (TPSA) is 38.7 Å². The molecule has 2 atom stereocenters. The van der Waals surface area contributed by atoms with Crippen LogP contribution in [0.25, 0.3) is 0 Å². The fourth-order valence-corrected chi connectivity index (χ4v) is 1.71. The number of ether oxygens (including phenoxy) is 2. The Labute approximate surface area is 80.0 Å².